The Balaban J connectivity index is 3.64. The molecule has 0 aliphatic heterocycles. The highest BCUT2D eigenvalue weighted by atomic mass is 28.5. The van der Waals surface area contributed by atoms with E-state index < -0.39 is 51.6 Å². The van der Waals surface area contributed by atoms with Gasteiger partial charge in [-0.3, -0.25) is 0 Å². The van der Waals surface area contributed by atoms with Gasteiger partial charge in [-0.15, -0.1) is 0 Å². The van der Waals surface area contributed by atoms with Crippen LogP contribution in [0.5, 0.6) is 0 Å². The zero-order valence-corrected chi connectivity index (χ0v) is 27.9. The van der Waals surface area contributed by atoms with Gasteiger partial charge in [-0.1, -0.05) is 36.9 Å². The minimum Gasteiger partial charge on any atom is -0.435 e. The molecule has 1 atom stereocenters. The van der Waals surface area contributed by atoms with Gasteiger partial charge in [0.15, 0.2) is 33.3 Å². The van der Waals surface area contributed by atoms with Gasteiger partial charge in [0, 0.05) is 0 Å². The normalized spacial score (nSPS) is 15.1. The van der Waals surface area contributed by atoms with Gasteiger partial charge >= 0.3 is 18.3 Å². The van der Waals surface area contributed by atoms with Crippen LogP contribution in [0.2, 0.25) is 78.6 Å². The van der Waals surface area contributed by atoms with Gasteiger partial charge in [-0.2, -0.15) is 0 Å². The van der Waals surface area contributed by atoms with Crippen LogP contribution in [0.15, 0.2) is 30.8 Å². The van der Waals surface area contributed by atoms with E-state index in [4.69, 9.17) is 20.6 Å². The predicted molar refractivity (Wildman–Crippen MR) is 148 cm³/mol. The van der Waals surface area contributed by atoms with E-state index in [2.05, 4.69) is 97.3 Å². The molecule has 0 fully saturated rings. The van der Waals surface area contributed by atoms with Gasteiger partial charge in [-0.25, -0.2) is 0 Å². The average molecular weight is 533 g/mol. The van der Waals surface area contributed by atoms with Gasteiger partial charge in [0.2, 0.25) is 0 Å². The fourth-order valence-electron chi connectivity index (χ4n) is 2.77. The number of rotatable bonds is 12. The van der Waals surface area contributed by atoms with Crippen molar-refractivity contribution in [1.29, 1.82) is 0 Å². The predicted octanol–water partition coefficient (Wildman–Crippen LogP) is 5.62. The summed E-state index contributed by atoms with van der Waals surface area (Å²) in [7, 11) is -14.0. The summed E-state index contributed by atoms with van der Waals surface area (Å²) in [6, 6.07) is 8.19. The fraction of sp³-hybridized carbons (Fsp3) is 0.600. The highest BCUT2D eigenvalue weighted by Crippen LogP contribution is 2.28. The summed E-state index contributed by atoms with van der Waals surface area (Å²) in [6.45, 7) is 30.0. The number of hydrogen-bond donors (Lipinski definition) is 0. The van der Waals surface area contributed by atoms with Crippen molar-refractivity contribution in [2.45, 2.75) is 78.6 Å². The summed E-state index contributed by atoms with van der Waals surface area (Å²) in [4.78, 5) is 0. The van der Waals surface area contributed by atoms with E-state index in [1.54, 1.807) is 0 Å². The third-order valence-electron chi connectivity index (χ3n) is 3.48. The summed E-state index contributed by atoms with van der Waals surface area (Å²) in [5.74, 6) is 0. The Hall–Kier alpha value is 0.0613. The molecule has 0 saturated carbocycles. The summed E-state index contributed by atoms with van der Waals surface area (Å²) in [5.41, 5.74) is 1.04. The van der Waals surface area contributed by atoms with E-state index >= 15 is 0 Å². The van der Waals surface area contributed by atoms with E-state index in [1.807, 2.05) is 18.2 Å². The molecule has 178 valence electrons. The van der Waals surface area contributed by atoms with Crippen molar-refractivity contribution < 1.29 is 20.6 Å². The van der Waals surface area contributed by atoms with Crippen molar-refractivity contribution in [3.63, 3.8) is 0 Å². The maximum absolute atomic E-state index is 6.95. The third kappa shape index (κ3) is 11.7. The van der Waals surface area contributed by atoms with Crippen LogP contribution in [-0.2, 0) is 20.6 Å². The smallest absolute Gasteiger partial charge is 0.435 e. The van der Waals surface area contributed by atoms with Crippen molar-refractivity contribution in [2.75, 3.05) is 0 Å². The summed E-state index contributed by atoms with van der Waals surface area (Å²) < 4.78 is 33.9. The van der Waals surface area contributed by atoms with Crippen molar-refractivity contribution >= 4 is 62.9 Å². The molecule has 11 heteroatoms. The van der Waals surface area contributed by atoms with Crippen molar-refractivity contribution in [2.24, 2.45) is 0 Å². The molecule has 0 spiro atoms. The highest BCUT2D eigenvalue weighted by molar-refractivity contribution is 6.91. The molecule has 0 N–H and O–H groups in total. The minimum absolute atomic E-state index is 1.04. The molecule has 0 aromatic heterocycles. The molecule has 1 rings (SSSR count). The largest absolute Gasteiger partial charge is 0.638 e. The first kappa shape index (κ1) is 29.1. The second-order valence-corrected chi connectivity index (χ2v) is 35.2. The summed E-state index contributed by atoms with van der Waals surface area (Å²) in [5, 5.41) is 1.06. The molecular formula is C20H44O5Si6. The SMILES string of the molecule is C=Cc1ccccc1[SiH](O[Si](C)(C)C)O[Si](O[Si](C)(C)C)(O[Si](C)(C)C)O[Si](C)(C)C. The van der Waals surface area contributed by atoms with Crippen LogP contribution in [0, 0.1) is 0 Å². The van der Waals surface area contributed by atoms with E-state index in [0.717, 1.165) is 10.8 Å². The van der Waals surface area contributed by atoms with Gasteiger partial charge in [0.25, 0.3) is 0 Å². The molecule has 0 saturated heterocycles. The molecule has 0 amide bonds. The van der Waals surface area contributed by atoms with Crippen molar-refractivity contribution in [3.8, 4) is 0 Å². The van der Waals surface area contributed by atoms with E-state index in [9.17, 15) is 0 Å². The van der Waals surface area contributed by atoms with E-state index in [1.165, 1.54) is 0 Å². The lowest BCUT2D eigenvalue weighted by Gasteiger charge is -2.43. The Morgan fingerprint density at radius 3 is 1.42 bits per heavy atom. The average Bonchev–Trinajstić information content (AvgIpc) is 2.47. The van der Waals surface area contributed by atoms with Crippen LogP contribution >= 0.6 is 0 Å². The van der Waals surface area contributed by atoms with Gasteiger partial charge in [0.1, 0.15) is 0 Å². The van der Waals surface area contributed by atoms with Crippen molar-refractivity contribution in [1.82, 2.24) is 0 Å². The quantitative estimate of drug-likeness (QED) is 0.327. The molecule has 0 aliphatic rings. The Labute approximate surface area is 198 Å². The number of hydrogen-bond acceptors (Lipinski definition) is 5. The second kappa shape index (κ2) is 10.5. The van der Waals surface area contributed by atoms with Crippen LogP contribution in [0.4, 0.5) is 0 Å². The number of benzene rings is 1. The van der Waals surface area contributed by atoms with Crippen molar-refractivity contribution in [3.05, 3.63) is 36.4 Å². The molecule has 5 nitrogen and oxygen atoms in total. The molecule has 0 bridgehead atoms. The third-order valence-corrected chi connectivity index (χ3v) is 20.6. The van der Waals surface area contributed by atoms with Crippen LogP contribution in [0.1, 0.15) is 5.56 Å². The molecule has 31 heavy (non-hydrogen) atoms. The molecule has 1 aromatic carbocycles. The van der Waals surface area contributed by atoms with Crippen LogP contribution in [-0.4, -0.2) is 51.6 Å². The molecule has 1 aromatic rings. The molecule has 0 radical (unpaired) electrons. The minimum atomic E-state index is -3.47. The molecule has 0 heterocycles. The maximum atomic E-state index is 6.95. The van der Waals surface area contributed by atoms with E-state index in [-0.39, 0.29) is 0 Å². The van der Waals surface area contributed by atoms with Gasteiger partial charge in [-0.05, 0) is 89.3 Å². The Bertz CT molecular complexity index is 690. The van der Waals surface area contributed by atoms with Crippen LogP contribution in [0.3, 0.4) is 0 Å². The van der Waals surface area contributed by atoms with Crippen LogP contribution < -0.4 is 5.19 Å². The Kier molecular flexibility index (Phi) is 9.90. The first-order chi connectivity index (χ1) is 13.7. The molecule has 1 unspecified atom stereocenters. The highest BCUT2D eigenvalue weighted by Gasteiger charge is 2.55. The zero-order valence-electron chi connectivity index (χ0n) is 21.7. The van der Waals surface area contributed by atoms with Gasteiger partial charge in [0.05, 0.1) is 0 Å². The first-order valence-corrected chi connectivity index (χ1v) is 27.7. The standard InChI is InChI=1S/C20H44O5Si6/c1-14-19-17-15-16-18-20(19)26(21-27(2,3)4)22-31(23-28(5,6)7,24-29(8,9)10)25-30(11,12)13/h14-18,26H,1H2,2-13H3. The lowest BCUT2D eigenvalue weighted by molar-refractivity contribution is 0.143. The first-order valence-electron chi connectivity index (χ1n) is 10.9. The van der Waals surface area contributed by atoms with Crippen LogP contribution in [0.25, 0.3) is 6.08 Å². The topological polar surface area (TPSA) is 46.2 Å². The monoisotopic (exact) mass is 532 g/mol. The molecular weight excluding hydrogens is 489 g/mol. The summed E-state index contributed by atoms with van der Waals surface area (Å²) in [6.07, 6.45) is 1.87. The summed E-state index contributed by atoms with van der Waals surface area (Å²) >= 11 is 0. The Morgan fingerprint density at radius 1 is 0.645 bits per heavy atom. The lowest BCUT2D eigenvalue weighted by atomic mass is 10.2. The van der Waals surface area contributed by atoms with E-state index in [0.29, 0.717) is 0 Å². The lowest BCUT2D eigenvalue weighted by Crippen LogP contribution is -2.66. The second-order valence-electron chi connectivity index (χ2n) is 11.7. The fourth-order valence-corrected chi connectivity index (χ4v) is 21.3. The van der Waals surface area contributed by atoms with Gasteiger partial charge < -0.3 is 20.6 Å². The molecule has 0 aliphatic carbocycles. The Morgan fingerprint density at radius 2 is 1.06 bits per heavy atom. The maximum Gasteiger partial charge on any atom is 0.638 e. The zero-order chi connectivity index (χ0) is 24.3.